The van der Waals surface area contributed by atoms with E-state index < -0.39 is 0 Å². The van der Waals surface area contributed by atoms with E-state index in [-0.39, 0.29) is 6.04 Å². The smallest absolute Gasteiger partial charge is 0.0702 e. The molecule has 0 saturated heterocycles. The molecule has 2 heteroatoms. The van der Waals surface area contributed by atoms with Gasteiger partial charge in [-0.25, -0.2) is 0 Å². The summed E-state index contributed by atoms with van der Waals surface area (Å²) in [5, 5.41) is 5.85. The summed E-state index contributed by atoms with van der Waals surface area (Å²) in [7, 11) is 0. The zero-order valence-electron chi connectivity index (χ0n) is 23.1. The van der Waals surface area contributed by atoms with Crippen LogP contribution in [0.4, 0.5) is 0 Å². The molecule has 1 aliphatic heterocycles. The van der Waals surface area contributed by atoms with Crippen LogP contribution in [0.2, 0.25) is 0 Å². The lowest BCUT2D eigenvalue weighted by Crippen LogP contribution is -2.14. The number of allylic oxidation sites excluding steroid dienone is 9. The van der Waals surface area contributed by atoms with Crippen LogP contribution in [0.1, 0.15) is 35.2 Å². The maximum atomic E-state index is 4.48. The zero-order valence-corrected chi connectivity index (χ0v) is 23.1. The highest BCUT2D eigenvalue weighted by molar-refractivity contribution is 5.88. The van der Waals surface area contributed by atoms with Crippen molar-refractivity contribution in [2.75, 3.05) is 0 Å². The normalized spacial score (nSPS) is 15.2. The molecule has 1 unspecified atom stereocenters. The number of aryl methyl sites for hydroxylation is 1. The number of hydrogen-bond acceptors (Lipinski definition) is 2. The van der Waals surface area contributed by atoms with E-state index in [0.717, 1.165) is 33.5 Å². The van der Waals surface area contributed by atoms with E-state index in [2.05, 4.69) is 122 Å². The van der Waals surface area contributed by atoms with Crippen LogP contribution in [0.3, 0.4) is 0 Å². The van der Waals surface area contributed by atoms with Crippen molar-refractivity contribution in [1.82, 2.24) is 10.3 Å². The maximum absolute atomic E-state index is 4.48. The van der Waals surface area contributed by atoms with Crippen LogP contribution in [-0.2, 0) is 0 Å². The number of aromatic nitrogens is 1. The average Bonchev–Trinajstić information content (AvgIpc) is 3.01. The molecule has 0 aliphatic carbocycles. The summed E-state index contributed by atoms with van der Waals surface area (Å²) < 4.78 is 0. The Balaban J connectivity index is 1.28. The minimum atomic E-state index is 0.213. The van der Waals surface area contributed by atoms with E-state index in [4.69, 9.17) is 0 Å². The summed E-state index contributed by atoms with van der Waals surface area (Å²) in [6, 6.07) is 25.9. The second-order valence-electron chi connectivity index (χ2n) is 9.96. The van der Waals surface area contributed by atoms with Crippen molar-refractivity contribution in [3.63, 3.8) is 0 Å². The van der Waals surface area contributed by atoms with Gasteiger partial charge in [-0.2, -0.15) is 0 Å². The van der Waals surface area contributed by atoms with Gasteiger partial charge in [0.25, 0.3) is 0 Å². The molecule has 2 nitrogen and oxygen atoms in total. The molecule has 196 valence electrons. The van der Waals surface area contributed by atoms with Crippen molar-refractivity contribution in [3.05, 3.63) is 174 Å². The zero-order chi connectivity index (χ0) is 27.9. The van der Waals surface area contributed by atoms with Gasteiger partial charge in [0, 0.05) is 11.8 Å². The number of rotatable bonds is 8. The number of nitrogens with zero attached hydrogens (tertiary/aromatic N) is 1. The Hall–Kier alpha value is -4.95. The van der Waals surface area contributed by atoms with Crippen molar-refractivity contribution in [3.8, 4) is 11.3 Å². The Morgan fingerprint density at radius 1 is 0.850 bits per heavy atom. The number of nitrogens with one attached hydrogen (secondary N) is 1. The van der Waals surface area contributed by atoms with Crippen molar-refractivity contribution in [1.29, 1.82) is 0 Å². The van der Waals surface area contributed by atoms with Gasteiger partial charge in [0.1, 0.15) is 0 Å². The van der Waals surface area contributed by atoms with Gasteiger partial charge in [-0.15, -0.1) is 0 Å². The largest absolute Gasteiger partial charge is 0.381 e. The first-order chi connectivity index (χ1) is 19.5. The topological polar surface area (TPSA) is 24.9 Å². The molecule has 1 atom stereocenters. The summed E-state index contributed by atoms with van der Waals surface area (Å²) in [6.45, 7) is 12.7. The molecule has 1 N–H and O–H groups in total. The third-order valence-corrected chi connectivity index (χ3v) is 7.23. The number of dihydropyridines is 1. The molecule has 0 saturated carbocycles. The van der Waals surface area contributed by atoms with Crippen LogP contribution in [0.5, 0.6) is 0 Å². The molecular formula is C38H34N2. The Morgan fingerprint density at radius 2 is 1.68 bits per heavy atom. The minimum Gasteiger partial charge on any atom is -0.381 e. The molecule has 0 spiro atoms. The van der Waals surface area contributed by atoms with Crippen LogP contribution >= 0.6 is 0 Å². The van der Waals surface area contributed by atoms with E-state index in [0.29, 0.717) is 0 Å². The molecular weight excluding hydrogens is 484 g/mol. The fourth-order valence-corrected chi connectivity index (χ4v) is 4.76. The van der Waals surface area contributed by atoms with E-state index in [1.165, 1.54) is 27.5 Å². The second-order valence-corrected chi connectivity index (χ2v) is 9.96. The Labute approximate surface area is 237 Å². The minimum absolute atomic E-state index is 0.213. The van der Waals surface area contributed by atoms with Gasteiger partial charge in [-0.05, 0) is 106 Å². The predicted octanol–water partition coefficient (Wildman–Crippen LogP) is 9.71. The molecule has 5 rings (SSSR count). The van der Waals surface area contributed by atoms with E-state index in [9.17, 15) is 0 Å². The molecule has 0 radical (unpaired) electrons. The summed E-state index contributed by atoms with van der Waals surface area (Å²) in [5.41, 5.74) is 9.73. The fourth-order valence-electron chi connectivity index (χ4n) is 4.76. The van der Waals surface area contributed by atoms with Crippen molar-refractivity contribution < 1.29 is 0 Å². The molecule has 1 aliphatic rings. The fraction of sp³-hybridized carbons (Fsp3) is 0.0789. The van der Waals surface area contributed by atoms with Crippen LogP contribution in [0, 0.1) is 6.92 Å². The van der Waals surface area contributed by atoms with Gasteiger partial charge < -0.3 is 5.32 Å². The number of fused-ring (bicyclic) bond motifs is 1. The van der Waals surface area contributed by atoms with Crippen LogP contribution in [0.25, 0.3) is 33.7 Å². The number of pyridine rings is 1. The molecule has 1 aromatic heterocycles. The quantitative estimate of drug-likeness (QED) is 0.235. The third-order valence-electron chi connectivity index (χ3n) is 7.23. The third kappa shape index (κ3) is 6.19. The first kappa shape index (κ1) is 26.6. The van der Waals surface area contributed by atoms with Crippen molar-refractivity contribution in [2.24, 2.45) is 0 Å². The van der Waals surface area contributed by atoms with Crippen molar-refractivity contribution >= 4 is 22.4 Å². The van der Waals surface area contributed by atoms with Crippen LogP contribution in [-0.4, -0.2) is 4.98 Å². The van der Waals surface area contributed by atoms with Gasteiger partial charge in [-0.3, -0.25) is 4.98 Å². The molecule has 0 amide bonds. The van der Waals surface area contributed by atoms with E-state index in [1.54, 1.807) is 0 Å². The van der Waals surface area contributed by atoms with Gasteiger partial charge in [-0.1, -0.05) is 98.2 Å². The predicted molar refractivity (Wildman–Crippen MR) is 173 cm³/mol. The Morgan fingerprint density at radius 3 is 2.45 bits per heavy atom. The standard InChI is InChI=1S/C38H34N2/c1-5-30(32-18-19-34-26-36(21-20-33(34)25-32)38-11-7-9-23-40-38)15-12-27(2)28(3)13-16-31-24-35(17-14-29(31)4)37-10-6-8-22-39-37/h5-26,38,40H,2-3H2,1,4H3/b15-12-,16-13-,30-5+. The highest BCUT2D eigenvalue weighted by Crippen LogP contribution is 2.27. The lowest BCUT2D eigenvalue weighted by Gasteiger charge is -2.17. The monoisotopic (exact) mass is 518 g/mol. The number of benzene rings is 3. The highest BCUT2D eigenvalue weighted by Gasteiger charge is 2.09. The van der Waals surface area contributed by atoms with Gasteiger partial charge >= 0.3 is 0 Å². The first-order valence-electron chi connectivity index (χ1n) is 13.6. The molecule has 2 heterocycles. The first-order valence-corrected chi connectivity index (χ1v) is 13.6. The van der Waals surface area contributed by atoms with Gasteiger partial charge in [0.05, 0.1) is 11.7 Å². The summed E-state index contributed by atoms with van der Waals surface area (Å²) in [6.07, 6.45) is 20.5. The molecule has 0 fully saturated rings. The molecule has 0 bridgehead atoms. The summed E-state index contributed by atoms with van der Waals surface area (Å²) >= 11 is 0. The van der Waals surface area contributed by atoms with Crippen LogP contribution < -0.4 is 5.32 Å². The van der Waals surface area contributed by atoms with Crippen molar-refractivity contribution in [2.45, 2.75) is 19.9 Å². The lowest BCUT2D eigenvalue weighted by molar-refractivity contribution is 0.747. The average molecular weight is 519 g/mol. The molecule has 4 aromatic rings. The Bertz CT molecular complexity index is 1710. The summed E-state index contributed by atoms with van der Waals surface area (Å²) in [4.78, 5) is 4.48. The molecule has 40 heavy (non-hydrogen) atoms. The summed E-state index contributed by atoms with van der Waals surface area (Å²) in [5.74, 6) is 0. The van der Waals surface area contributed by atoms with Gasteiger partial charge in [0.15, 0.2) is 0 Å². The second kappa shape index (κ2) is 12.3. The van der Waals surface area contributed by atoms with Crippen LogP contribution in [0.15, 0.2) is 152 Å². The highest BCUT2D eigenvalue weighted by atomic mass is 14.9. The van der Waals surface area contributed by atoms with Gasteiger partial charge in [0.2, 0.25) is 0 Å². The van der Waals surface area contributed by atoms with E-state index in [1.807, 2.05) is 48.8 Å². The SMILES string of the molecule is C=C(/C=C\C(=C/C)c1ccc2cc(C3C=CC=CN3)ccc2c1)C(=C)/C=C\c1cc(-c2ccccn2)ccc1C. The molecule has 3 aromatic carbocycles. The lowest BCUT2D eigenvalue weighted by atomic mass is 9.96. The number of hydrogen-bond donors (Lipinski definition) is 1. The maximum Gasteiger partial charge on any atom is 0.0702 e. The van der Waals surface area contributed by atoms with E-state index >= 15 is 0 Å². The Kier molecular flexibility index (Phi) is 8.18.